The second-order valence-corrected chi connectivity index (χ2v) is 4.16. The fourth-order valence-corrected chi connectivity index (χ4v) is 1.50. The highest BCUT2D eigenvalue weighted by molar-refractivity contribution is 5.65. The van der Waals surface area contributed by atoms with Gasteiger partial charge in [-0.05, 0) is 38.5 Å². The predicted octanol–water partition coefficient (Wildman–Crippen LogP) is 4.25. The average Bonchev–Trinajstić information content (AvgIpc) is 2.25. The zero-order chi connectivity index (χ0) is 12.1. The summed E-state index contributed by atoms with van der Waals surface area (Å²) in [6, 6.07) is 0. The van der Waals surface area contributed by atoms with Gasteiger partial charge in [0.1, 0.15) is 0 Å². The van der Waals surface area contributed by atoms with Gasteiger partial charge >= 0.3 is 5.97 Å². The maximum absolute atomic E-state index is 10.5. The van der Waals surface area contributed by atoms with Gasteiger partial charge in [0.15, 0.2) is 0 Å². The van der Waals surface area contributed by atoms with Crippen molar-refractivity contribution >= 4 is 5.97 Å². The van der Waals surface area contributed by atoms with Crippen molar-refractivity contribution in [2.45, 2.75) is 65.2 Å². The second-order valence-electron chi connectivity index (χ2n) is 4.16. The largest absolute Gasteiger partial charge is 0.466 e. The minimum Gasteiger partial charge on any atom is -0.466 e. The van der Waals surface area contributed by atoms with E-state index in [1.54, 1.807) is 0 Å². The van der Waals surface area contributed by atoms with E-state index in [0.29, 0.717) is 6.61 Å². The molecule has 0 atom stereocenters. The Morgan fingerprint density at radius 2 is 1.62 bits per heavy atom. The third kappa shape index (κ3) is 13.2. The molecule has 0 radical (unpaired) electrons. The molecule has 0 heterocycles. The van der Waals surface area contributed by atoms with Crippen LogP contribution in [0.1, 0.15) is 65.2 Å². The summed E-state index contributed by atoms with van der Waals surface area (Å²) in [5.74, 6) is -0.171. The van der Waals surface area contributed by atoms with Crippen molar-refractivity contribution < 1.29 is 9.53 Å². The Bertz CT molecular complexity index is 185. The van der Waals surface area contributed by atoms with E-state index >= 15 is 0 Å². The minimum atomic E-state index is -0.171. The maximum Gasteiger partial charge on any atom is 0.302 e. The highest BCUT2D eigenvalue weighted by atomic mass is 16.5. The van der Waals surface area contributed by atoms with E-state index in [0.717, 1.165) is 19.3 Å². The molecule has 0 bridgehead atoms. The average molecular weight is 226 g/mol. The number of hydrogen-bond donors (Lipinski definition) is 0. The van der Waals surface area contributed by atoms with Crippen LogP contribution in [0.2, 0.25) is 0 Å². The molecule has 0 spiro atoms. The number of rotatable bonds is 10. The normalized spacial score (nSPS) is 10.9. The summed E-state index contributed by atoms with van der Waals surface area (Å²) in [6.07, 6.45) is 14.2. The first-order valence-electron chi connectivity index (χ1n) is 6.55. The Kier molecular flexibility index (Phi) is 11.7. The zero-order valence-corrected chi connectivity index (χ0v) is 10.8. The van der Waals surface area contributed by atoms with Crippen molar-refractivity contribution in [3.63, 3.8) is 0 Å². The summed E-state index contributed by atoms with van der Waals surface area (Å²) in [5, 5.41) is 0. The standard InChI is InChI=1S/C14H26O2/c1-3-4-5-6-7-8-9-10-11-12-13-16-14(2)15/h7-8H,3-6,9-13H2,1-2H3. The molecule has 94 valence electrons. The Labute approximate surface area is 100 Å². The molecule has 0 aliphatic heterocycles. The number of ether oxygens (including phenoxy) is 1. The molecule has 2 heteroatoms. The van der Waals surface area contributed by atoms with E-state index in [9.17, 15) is 4.79 Å². The third-order valence-electron chi connectivity index (χ3n) is 2.46. The molecule has 0 saturated carbocycles. The van der Waals surface area contributed by atoms with Crippen molar-refractivity contribution in [2.24, 2.45) is 0 Å². The number of esters is 1. The van der Waals surface area contributed by atoms with E-state index < -0.39 is 0 Å². The molecule has 0 aromatic carbocycles. The van der Waals surface area contributed by atoms with Crippen molar-refractivity contribution in [3.05, 3.63) is 12.2 Å². The molecule has 0 unspecified atom stereocenters. The number of carbonyl (C=O) groups excluding carboxylic acids is 1. The first kappa shape index (κ1) is 15.2. The van der Waals surface area contributed by atoms with Crippen molar-refractivity contribution in [1.82, 2.24) is 0 Å². The van der Waals surface area contributed by atoms with Crippen LogP contribution in [0, 0.1) is 0 Å². The highest BCUT2D eigenvalue weighted by Crippen LogP contribution is 2.04. The molecule has 0 fully saturated rings. The second kappa shape index (κ2) is 12.3. The molecule has 0 rings (SSSR count). The Morgan fingerprint density at radius 3 is 2.19 bits per heavy atom. The van der Waals surface area contributed by atoms with Crippen molar-refractivity contribution in [2.75, 3.05) is 6.61 Å². The molecule has 0 N–H and O–H groups in total. The maximum atomic E-state index is 10.5. The monoisotopic (exact) mass is 226 g/mol. The van der Waals surface area contributed by atoms with Crippen molar-refractivity contribution in [3.8, 4) is 0 Å². The topological polar surface area (TPSA) is 26.3 Å². The number of unbranched alkanes of at least 4 members (excludes halogenated alkanes) is 6. The summed E-state index contributed by atoms with van der Waals surface area (Å²) in [6.45, 7) is 4.27. The lowest BCUT2D eigenvalue weighted by atomic mass is 10.1. The molecular weight excluding hydrogens is 200 g/mol. The first-order chi connectivity index (χ1) is 7.77. The lowest BCUT2D eigenvalue weighted by Crippen LogP contribution is -1.99. The Balaban J connectivity index is 3.05. The van der Waals surface area contributed by atoms with Crippen LogP contribution in [-0.4, -0.2) is 12.6 Å². The van der Waals surface area contributed by atoms with Gasteiger partial charge in [0.05, 0.1) is 6.61 Å². The third-order valence-corrected chi connectivity index (χ3v) is 2.46. The zero-order valence-electron chi connectivity index (χ0n) is 10.8. The summed E-state index contributed by atoms with van der Waals surface area (Å²) in [5.41, 5.74) is 0. The van der Waals surface area contributed by atoms with E-state index in [4.69, 9.17) is 4.74 Å². The van der Waals surface area contributed by atoms with Gasteiger partial charge in [0.25, 0.3) is 0 Å². The van der Waals surface area contributed by atoms with Gasteiger partial charge in [-0.25, -0.2) is 0 Å². The highest BCUT2D eigenvalue weighted by Gasteiger charge is 1.92. The fraction of sp³-hybridized carbons (Fsp3) is 0.786. The SMILES string of the molecule is CCCCCC=CCCCCCOC(C)=O. The van der Waals surface area contributed by atoms with Gasteiger partial charge in [-0.2, -0.15) is 0 Å². The van der Waals surface area contributed by atoms with Crippen LogP contribution < -0.4 is 0 Å². The molecule has 0 saturated heterocycles. The first-order valence-corrected chi connectivity index (χ1v) is 6.55. The Morgan fingerprint density at radius 1 is 1.00 bits per heavy atom. The van der Waals surface area contributed by atoms with Crippen LogP contribution >= 0.6 is 0 Å². The Hall–Kier alpha value is -0.790. The van der Waals surface area contributed by atoms with Gasteiger partial charge in [0, 0.05) is 6.92 Å². The van der Waals surface area contributed by atoms with Crippen LogP contribution in [0.5, 0.6) is 0 Å². The van der Waals surface area contributed by atoms with Gasteiger partial charge in [-0.1, -0.05) is 31.9 Å². The van der Waals surface area contributed by atoms with Crippen LogP contribution in [-0.2, 0) is 9.53 Å². The fourth-order valence-electron chi connectivity index (χ4n) is 1.50. The molecular formula is C14H26O2. The van der Waals surface area contributed by atoms with Gasteiger partial charge in [-0.3, -0.25) is 4.79 Å². The van der Waals surface area contributed by atoms with Gasteiger partial charge < -0.3 is 4.74 Å². The number of carbonyl (C=O) groups is 1. The summed E-state index contributed by atoms with van der Waals surface area (Å²) < 4.78 is 4.86. The molecule has 16 heavy (non-hydrogen) atoms. The van der Waals surface area contributed by atoms with Gasteiger partial charge in [-0.15, -0.1) is 0 Å². The van der Waals surface area contributed by atoms with Gasteiger partial charge in [0.2, 0.25) is 0 Å². The number of allylic oxidation sites excluding steroid dienone is 2. The minimum absolute atomic E-state index is 0.171. The van der Waals surface area contributed by atoms with E-state index in [1.165, 1.54) is 39.0 Å². The molecule has 0 aromatic rings. The van der Waals surface area contributed by atoms with Crippen LogP contribution in [0.3, 0.4) is 0 Å². The smallest absolute Gasteiger partial charge is 0.302 e. The van der Waals surface area contributed by atoms with Crippen LogP contribution in [0.25, 0.3) is 0 Å². The molecule has 0 aliphatic carbocycles. The molecule has 0 amide bonds. The lowest BCUT2D eigenvalue weighted by Gasteiger charge is -2.00. The van der Waals surface area contributed by atoms with E-state index in [-0.39, 0.29) is 5.97 Å². The summed E-state index contributed by atoms with van der Waals surface area (Å²) in [4.78, 5) is 10.5. The van der Waals surface area contributed by atoms with E-state index in [1.807, 2.05) is 0 Å². The summed E-state index contributed by atoms with van der Waals surface area (Å²) >= 11 is 0. The molecule has 0 aromatic heterocycles. The van der Waals surface area contributed by atoms with Crippen LogP contribution in [0.4, 0.5) is 0 Å². The number of hydrogen-bond acceptors (Lipinski definition) is 2. The van der Waals surface area contributed by atoms with Crippen molar-refractivity contribution in [1.29, 1.82) is 0 Å². The summed E-state index contributed by atoms with van der Waals surface area (Å²) in [7, 11) is 0. The predicted molar refractivity (Wildman–Crippen MR) is 68.4 cm³/mol. The lowest BCUT2D eigenvalue weighted by molar-refractivity contribution is -0.141. The quantitative estimate of drug-likeness (QED) is 0.316. The molecule has 0 aliphatic rings. The molecule has 2 nitrogen and oxygen atoms in total. The van der Waals surface area contributed by atoms with Crippen LogP contribution in [0.15, 0.2) is 12.2 Å². The van der Waals surface area contributed by atoms with E-state index in [2.05, 4.69) is 19.1 Å².